The van der Waals surface area contributed by atoms with Crippen LogP contribution in [0.3, 0.4) is 0 Å². The number of nitrogens with one attached hydrogen (secondary N) is 1. The van der Waals surface area contributed by atoms with E-state index in [9.17, 15) is 0 Å². The van der Waals surface area contributed by atoms with E-state index in [1.54, 1.807) is 0 Å². The van der Waals surface area contributed by atoms with Crippen molar-refractivity contribution >= 4 is 0 Å². The summed E-state index contributed by atoms with van der Waals surface area (Å²) >= 11 is 0. The molecule has 1 heterocycles. The number of benzene rings is 1. The highest BCUT2D eigenvalue weighted by molar-refractivity contribution is 5.25. The van der Waals surface area contributed by atoms with Crippen LogP contribution < -0.4 is 5.32 Å². The fourth-order valence-corrected chi connectivity index (χ4v) is 2.80. The van der Waals surface area contributed by atoms with Gasteiger partial charge in [-0.2, -0.15) is 0 Å². The molecule has 0 radical (unpaired) electrons. The molecule has 0 saturated carbocycles. The van der Waals surface area contributed by atoms with E-state index in [1.165, 1.54) is 17.5 Å². The molecule has 1 aromatic carbocycles. The number of ether oxygens (including phenoxy) is 2. The second-order valence-electron chi connectivity index (χ2n) is 5.75. The lowest BCUT2D eigenvalue weighted by Crippen LogP contribution is -2.30. The molecular weight excluding hydrogens is 262 g/mol. The number of hydrogen-bond acceptors (Lipinski definition) is 3. The maximum absolute atomic E-state index is 6.09. The Labute approximate surface area is 129 Å². The molecule has 0 aliphatic carbocycles. The Morgan fingerprint density at radius 2 is 1.90 bits per heavy atom. The van der Waals surface area contributed by atoms with Crippen molar-refractivity contribution < 1.29 is 9.47 Å². The third-order valence-corrected chi connectivity index (χ3v) is 4.04. The summed E-state index contributed by atoms with van der Waals surface area (Å²) < 4.78 is 11.5. The molecule has 1 N–H and O–H groups in total. The van der Waals surface area contributed by atoms with Crippen molar-refractivity contribution in [1.82, 2.24) is 5.32 Å². The molecule has 1 aromatic rings. The van der Waals surface area contributed by atoms with E-state index < -0.39 is 0 Å². The Balaban J connectivity index is 1.90. The van der Waals surface area contributed by atoms with Crippen LogP contribution in [0.2, 0.25) is 0 Å². The monoisotopic (exact) mass is 291 g/mol. The fourth-order valence-electron chi connectivity index (χ4n) is 2.80. The molecule has 0 amide bonds. The Morgan fingerprint density at radius 3 is 2.52 bits per heavy atom. The molecule has 1 atom stereocenters. The van der Waals surface area contributed by atoms with Crippen LogP contribution in [0.25, 0.3) is 0 Å². The van der Waals surface area contributed by atoms with E-state index in [-0.39, 0.29) is 6.04 Å². The molecule has 1 saturated heterocycles. The molecule has 0 bridgehead atoms. The minimum absolute atomic E-state index is 0.286. The molecule has 21 heavy (non-hydrogen) atoms. The summed E-state index contributed by atoms with van der Waals surface area (Å²) in [6.07, 6.45) is 4.76. The first kappa shape index (κ1) is 16.5. The average Bonchev–Trinajstić information content (AvgIpc) is 2.54. The van der Waals surface area contributed by atoms with Crippen LogP contribution in [0, 0.1) is 0 Å². The van der Waals surface area contributed by atoms with E-state index >= 15 is 0 Å². The Hall–Kier alpha value is -0.900. The van der Waals surface area contributed by atoms with Crippen molar-refractivity contribution in [3.8, 4) is 0 Å². The van der Waals surface area contributed by atoms with Gasteiger partial charge in [0.1, 0.15) is 0 Å². The van der Waals surface area contributed by atoms with Gasteiger partial charge in [0.15, 0.2) is 0 Å². The lowest BCUT2D eigenvalue weighted by atomic mass is 10.0. The van der Waals surface area contributed by atoms with Gasteiger partial charge in [-0.1, -0.05) is 44.5 Å². The minimum Gasteiger partial charge on any atom is -0.381 e. The molecule has 3 nitrogen and oxygen atoms in total. The van der Waals surface area contributed by atoms with Gasteiger partial charge in [0.2, 0.25) is 0 Å². The van der Waals surface area contributed by atoms with Crippen LogP contribution in [-0.4, -0.2) is 32.5 Å². The molecule has 1 aliphatic rings. The van der Waals surface area contributed by atoms with Crippen LogP contribution >= 0.6 is 0 Å². The van der Waals surface area contributed by atoms with Crippen LogP contribution in [0.4, 0.5) is 0 Å². The maximum Gasteiger partial charge on any atom is 0.0665 e. The van der Waals surface area contributed by atoms with E-state index in [1.807, 2.05) is 0 Å². The third-order valence-electron chi connectivity index (χ3n) is 4.04. The highest BCUT2D eigenvalue weighted by atomic mass is 16.5. The third kappa shape index (κ3) is 5.42. The zero-order valence-corrected chi connectivity index (χ0v) is 13.4. The van der Waals surface area contributed by atoms with Gasteiger partial charge in [0.25, 0.3) is 0 Å². The van der Waals surface area contributed by atoms with Gasteiger partial charge in [0.05, 0.1) is 18.8 Å². The van der Waals surface area contributed by atoms with Crippen LogP contribution in [0.1, 0.15) is 50.3 Å². The topological polar surface area (TPSA) is 30.5 Å². The van der Waals surface area contributed by atoms with Gasteiger partial charge in [-0.25, -0.2) is 0 Å². The summed E-state index contributed by atoms with van der Waals surface area (Å²) in [4.78, 5) is 0. The van der Waals surface area contributed by atoms with Gasteiger partial charge >= 0.3 is 0 Å². The van der Waals surface area contributed by atoms with Crippen molar-refractivity contribution in [1.29, 1.82) is 0 Å². The highest BCUT2D eigenvalue weighted by Gasteiger charge is 2.17. The lowest BCUT2D eigenvalue weighted by molar-refractivity contribution is -0.0382. The van der Waals surface area contributed by atoms with Crippen molar-refractivity contribution in [3.05, 3.63) is 35.4 Å². The van der Waals surface area contributed by atoms with Crippen molar-refractivity contribution in [2.75, 3.05) is 26.4 Å². The quantitative estimate of drug-likeness (QED) is 0.795. The molecule has 0 spiro atoms. The van der Waals surface area contributed by atoms with Gasteiger partial charge in [-0.05, 0) is 36.9 Å². The SMILES string of the molecule is CCCc1ccc(C(COC2CCOCC2)NCC)cc1. The summed E-state index contributed by atoms with van der Waals surface area (Å²) in [5.41, 5.74) is 2.74. The first-order valence-electron chi connectivity index (χ1n) is 8.35. The standard InChI is InChI=1S/C18H29NO2/c1-3-5-15-6-8-16(9-7-15)18(19-4-2)14-21-17-10-12-20-13-11-17/h6-9,17-19H,3-5,10-14H2,1-2H3. The molecule has 3 heteroatoms. The largest absolute Gasteiger partial charge is 0.381 e. The lowest BCUT2D eigenvalue weighted by Gasteiger charge is -2.26. The maximum atomic E-state index is 6.09. The molecule has 1 unspecified atom stereocenters. The summed E-state index contributed by atoms with van der Waals surface area (Å²) in [6.45, 7) is 7.73. The van der Waals surface area contributed by atoms with Gasteiger partial charge in [-0.3, -0.25) is 0 Å². The van der Waals surface area contributed by atoms with E-state index in [0.29, 0.717) is 6.10 Å². The van der Waals surface area contributed by atoms with Crippen LogP contribution in [-0.2, 0) is 15.9 Å². The summed E-state index contributed by atoms with van der Waals surface area (Å²) in [5, 5.41) is 3.53. The normalized spacial score (nSPS) is 17.8. The van der Waals surface area contributed by atoms with E-state index in [4.69, 9.17) is 9.47 Å². The molecule has 0 aromatic heterocycles. The first-order chi connectivity index (χ1) is 10.3. The fraction of sp³-hybridized carbons (Fsp3) is 0.667. The van der Waals surface area contributed by atoms with E-state index in [2.05, 4.69) is 43.4 Å². The van der Waals surface area contributed by atoms with Crippen LogP contribution in [0.15, 0.2) is 24.3 Å². The smallest absolute Gasteiger partial charge is 0.0665 e. The van der Waals surface area contributed by atoms with Gasteiger partial charge in [-0.15, -0.1) is 0 Å². The zero-order valence-electron chi connectivity index (χ0n) is 13.4. The second kappa shape index (κ2) is 9.19. The molecule has 2 rings (SSSR count). The van der Waals surface area contributed by atoms with Gasteiger partial charge < -0.3 is 14.8 Å². The van der Waals surface area contributed by atoms with Crippen molar-refractivity contribution in [2.24, 2.45) is 0 Å². The Kier molecular flexibility index (Phi) is 7.20. The molecule has 1 aliphatic heterocycles. The first-order valence-corrected chi connectivity index (χ1v) is 8.35. The van der Waals surface area contributed by atoms with Crippen molar-refractivity contribution in [3.63, 3.8) is 0 Å². The molecular formula is C18H29NO2. The minimum atomic E-state index is 0.286. The second-order valence-corrected chi connectivity index (χ2v) is 5.75. The van der Waals surface area contributed by atoms with E-state index in [0.717, 1.165) is 45.6 Å². The predicted molar refractivity (Wildman–Crippen MR) is 86.6 cm³/mol. The zero-order chi connectivity index (χ0) is 14.9. The molecule has 1 fully saturated rings. The summed E-state index contributed by atoms with van der Waals surface area (Å²) in [6, 6.07) is 9.26. The van der Waals surface area contributed by atoms with Crippen LogP contribution in [0.5, 0.6) is 0 Å². The number of aryl methyl sites for hydroxylation is 1. The Morgan fingerprint density at radius 1 is 1.19 bits per heavy atom. The number of likely N-dealkylation sites (N-methyl/N-ethyl adjacent to an activating group) is 1. The number of hydrogen-bond donors (Lipinski definition) is 1. The predicted octanol–water partition coefficient (Wildman–Crippen LogP) is 3.49. The van der Waals surface area contributed by atoms with Gasteiger partial charge in [0, 0.05) is 13.2 Å². The highest BCUT2D eigenvalue weighted by Crippen LogP contribution is 2.18. The Bertz CT molecular complexity index is 385. The molecule has 118 valence electrons. The number of rotatable bonds is 8. The summed E-state index contributed by atoms with van der Waals surface area (Å²) in [7, 11) is 0. The average molecular weight is 291 g/mol. The van der Waals surface area contributed by atoms with Crippen molar-refractivity contribution in [2.45, 2.75) is 51.7 Å². The summed E-state index contributed by atoms with van der Waals surface area (Å²) in [5.74, 6) is 0.